The Morgan fingerprint density at radius 2 is 1.96 bits per heavy atom. The first-order chi connectivity index (χ1) is 11.2. The van der Waals surface area contributed by atoms with Crippen LogP contribution in [0.3, 0.4) is 0 Å². The van der Waals surface area contributed by atoms with Crippen molar-refractivity contribution < 1.29 is 4.79 Å². The van der Waals surface area contributed by atoms with E-state index in [1.807, 2.05) is 22.6 Å². The number of likely N-dealkylation sites (tertiary alicyclic amines) is 1. The zero-order valence-corrected chi connectivity index (χ0v) is 13.8. The number of aromatic nitrogens is 2. The van der Waals surface area contributed by atoms with Crippen molar-refractivity contribution in [3.8, 4) is 0 Å². The molecule has 1 saturated heterocycles. The molecular weight excluding hydrogens is 286 g/mol. The molecular formula is C19H25N3O. The molecule has 0 N–H and O–H groups in total. The third-order valence-corrected chi connectivity index (χ3v) is 4.88. The normalized spacial score (nSPS) is 15.8. The molecule has 2 aromatic rings. The molecule has 0 radical (unpaired) electrons. The first-order valence-electron chi connectivity index (χ1n) is 8.52. The van der Waals surface area contributed by atoms with Gasteiger partial charge in [-0.2, -0.15) is 0 Å². The van der Waals surface area contributed by atoms with E-state index in [9.17, 15) is 4.79 Å². The minimum Gasteiger partial charge on any atom is -0.341 e. The van der Waals surface area contributed by atoms with E-state index in [1.165, 1.54) is 12.0 Å². The van der Waals surface area contributed by atoms with E-state index in [0.29, 0.717) is 6.54 Å². The highest BCUT2D eigenvalue weighted by Gasteiger charge is 2.22. The second kappa shape index (κ2) is 7.44. The van der Waals surface area contributed by atoms with E-state index in [1.54, 1.807) is 6.20 Å². The highest BCUT2D eigenvalue weighted by molar-refractivity contribution is 5.76. The maximum absolute atomic E-state index is 12.4. The molecule has 0 unspecified atom stereocenters. The van der Waals surface area contributed by atoms with Crippen LogP contribution in [0.4, 0.5) is 0 Å². The molecule has 1 aromatic heterocycles. The number of hydrogen-bond acceptors (Lipinski definition) is 2. The fourth-order valence-electron chi connectivity index (χ4n) is 3.30. The van der Waals surface area contributed by atoms with Gasteiger partial charge in [0, 0.05) is 25.5 Å². The van der Waals surface area contributed by atoms with E-state index in [0.717, 1.165) is 44.1 Å². The van der Waals surface area contributed by atoms with Crippen molar-refractivity contribution in [1.82, 2.24) is 14.5 Å². The molecule has 1 fully saturated rings. The zero-order chi connectivity index (χ0) is 16.1. The van der Waals surface area contributed by atoms with E-state index in [2.05, 4.69) is 35.3 Å². The van der Waals surface area contributed by atoms with Crippen molar-refractivity contribution in [1.29, 1.82) is 0 Å². The van der Waals surface area contributed by atoms with Gasteiger partial charge in [0.1, 0.15) is 12.4 Å². The third kappa shape index (κ3) is 4.21. The molecule has 0 saturated carbocycles. The topological polar surface area (TPSA) is 38.1 Å². The number of piperidine rings is 1. The minimum absolute atomic E-state index is 0.215. The lowest BCUT2D eigenvalue weighted by molar-refractivity contribution is -0.133. The lowest BCUT2D eigenvalue weighted by atomic mass is 9.90. The molecule has 1 aliphatic rings. The molecule has 1 aliphatic heterocycles. The van der Waals surface area contributed by atoms with Gasteiger partial charge in [-0.25, -0.2) is 4.98 Å². The Kier molecular flexibility index (Phi) is 5.11. The Balaban J connectivity index is 1.43. The van der Waals surface area contributed by atoms with Crippen LogP contribution < -0.4 is 0 Å². The number of rotatable bonds is 5. The summed E-state index contributed by atoms with van der Waals surface area (Å²) in [4.78, 5) is 18.6. The van der Waals surface area contributed by atoms with Gasteiger partial charge in [0.15, 0.2) is 0 Å². The quantitative estimate of drug-likeness (QED) is 0.851. The SMILES string of the molecule is Cc1nccn1CC(=O)N1CCC(CCc2ccccc2)CC1. The first kappa shape index (κ1) is 15.8. The molecule has 4 nitrogen and oxygen atoms in total. The van der Waals surface area contributed by atoms with Gasteiger partial charge in [-0.3, -0.25) is 4.79 Å². The molecule has 1 amide bonds. The molecule has 23 heavy (non-hydrogen) atoms. The summed E-state index contributed by atoms with van der Waals surface area (Å²) >= 11 is 0. The average Bonchev–Trinajstić information content (AvgIpc) is 2.99. The largest absolute Gasteiger partial charge is 0.341 e. The fourth-order valence-corrected chi connectivity index (χ4v) is 3.30. The number of carbonyl (C=O) groups is 1. The van der Waals surface area contributed by atoms with Crippen molar-refractivity contribution in [3.63, 3.8) is 0 Å². The lowest BCUT2D eigenvalue weighted by Crippen LogP contribution is -2.40. The monoisotopic (exact) mass is 311 g/mol. The molecule has 4 heteroatoms. The number of hydrogen-bond donors (Lipinski definition) is 0. The predicted molar refractivity (Wildman–Crippen MR) is 91.0 cm³/mol. The summed E-state index contributed by atoms with van der Waals surface area (Å²) in [5.41, 5.74) is 1.42. The van der Waals surface area contributed by atoms with Gasteiger partial charge in [-0.1, -0.05) is 30.3 Å². The summed E-state index contributed by atoms with van der Waals surface area (Å²) < 4.78 is 1.92. The summed E-state index contributed by atoms with van der Waals surface area (Å²) in [6, 6.07) is 10.7. The van der Waals surface area contributed by atoms with Crippen molar-refractivity contribution in [3.05, 3.63) is 54.1 Å². The number of nitrogens with zero attached hydrogens (tertiary/aromatic N) is 3. The first-order valence-corrected chi connectivity index (χ1v) is 8.52. The molecule has 2 heterocycles. The summed E-state index contributed by atoms with van der Waals surface area (Å²) in [6.45, 7) is 4.14. The average molecular weight is 311 g/mol. The van der Waals surface area contributed by atoms with E-state index in [4.69, 9.17) is 0 Å². The van der Waals surface area contributed by atoms with Crippen LogP contribution in [-0.2, 0) is 17.8 Å². The van der Waals surface area contributed by atoms with Crippen molar-refractivity contribution >= 4 is 5.91 Å². The van der Waals surface area contributed by atoms with Gasteiger partial charge in [0.05, 0.1) is 0 Å². The second-order valence-corrected chi connectivity index (χ2v) is 6.45. The molecule has 0 aliphatic carbocycles. The summed E-state index contributed by atoms with van der Waals surface area (Å²) in [5.74, 6) is 1.86. The Labute approximate surface area is 138 Å². The Hall–Kier alpha value is -2.10. The van der Waals surface area contributed by atoms with Crippen LogP contribution in [0.5, 0.6) is 0 Å². The van der Waals surface area contributed by atoms with E-state index < -0.39 is 0 Å². The van der Waals surface area contributed by atoms with Gasteiger partial charge in [0.25, 0.3) is 0 Å². The highest BCUT2D eigenvalue weighted by atomic mass is 16.2. The van der Waals surface area contributed by atoms with E-state index in [-0.39, 0.29) is 5.91 Å². The van der Waals surface area contributed by atoms with Crippen LogP contribution in [0.15, 0.2) is 42.7 Å². The number of imidazole rings is 1. The summed E-state index contributed by atoms with van der Waals surface area (Å²) in [7, 11) is 0. The summed E-state index contributed by atoms with van der Waals surface area (Å²) in [5, 5.41) is 0. The smallest absolute Gasteiger partial charge is 0.242 e. The number of carbonyl (C=O) groups excluding carboxylic acids is 1. The Morgan fingerprint density at radius 3 is 2.61 bits per heavy atom. The predicted octanol–water partition coefficient (Wildman–Crippen LogP) is 3.06. The second-order valence-electron chi connectivity index (χ2n) is 6.45. The van der Waals surface area contributed by atoms with Gasteiger partial charge < -0.3 is 9.47 Å². The molecule has 1 aromatic carbocycles. The maximum Gasteiger partial charge on any atom is 0.242 e. The van der Waals surface area contributed by atoms with Crippen molar-refractivity contribution in [2.24, 2.45) is 5.92 Å². The van der Waals surface area contributed by atoms with Crippen molar-refractivity contribution in [2.45, 2.75) is 39.2 Å². The van der Waals surface area contributed by atoms with Gasteiger partial charge in [-0.05, 0) is 44.1 Å². The zero-order valence-electron chi connectivity index (χ0n) is 13.8. The highest BCUT2D eigenvalue weighted by Crippen LogP contribution is 2.22. The Bertz CT molecular complexity index is 627. The fraction of sp³-hybridized carbons (Fsp3) is 0.474. The number of amides is 1. The van der Waals surface area contributed by atoms with Crippen LogP contribution in [0.1, 0.15) is 30.7 Å². The van der Waals surface area contributed by atoms with Crippen LogP contribution in [-0.4, -0.2) is 33.4 Å². The van der Waals surface area contributed by atoms with Gasteiger partial charge in [0.2, 0.25) is 5.91 Å². The summed E-state index contributed by atoms with van der Waals surface area (Å²) in [6.07, 6.45) is 8.25. The maximum atomic E-state index is 12.4. The number of benzene rings is 1. The molecule has 0 bridgehead atoms. The molecule has 0 atom stereocenters. The van der Waals surface area contributed by atoms with Crippen LogP contribution >= 0.6 is 0 Å². The van der Waals surface area contributed by atoms with Crippen LogP contribution in [0.2, 0.25) is 0 Å². The van der Waals surface area contributed by atoms with Crippen molar-refractivity contribution in [2.75, 3.05) is 13.1 Å². The third-order valence-electron chi connectivity index (χ3n) is 4.88. The van der Waals surface area contributed by atoms with E-state index >= 15 is 0 Å². The molecule has 0 spiro atoms. The molecule has 122 valence electrons. The number of aryl methyl sites for hydroxylation is 2. The Morgan fingerprint density at radius 1 is 1.22 bits per heavy atom. The van der Waals surface area contributed by atoms with Crippen LogP contribution in [0.25, 0.3) is 0 Å². The minimum atomic E-state index is 0.215. The van der Waals surface area contributed by atoms with Crippen LogP contribution in [0, 0.1) is 12.8 Å². The van der Waals surface area contributed by atoms with Gasteiger partial charge >= 0.3 is 0 Å². The standard InChI is InChI=1S/C19H25N3O/c1-16-20-11-14-22(16)15-19(23)21-12-9-18(10-13-21)8-7-17-5-3-2-4-6-17/h2-6,11,14,18H,7-10,12-13,15H2,1H3. The molecule has 3 rings (SSSR count). The van der Waals surface area contributed by atoms with Gasteiger partial charge in [-0.15, -0.1) is 0 Å². The lowest BCUT2D eigenvalue weighted by Gasteiger charge is -2.32.